The van der Waals surface area contributed by atoms with E-state index in [-0.39, 0.29) is 0 Å². The summed E-state index contributed by atoms with van der Waals surface area (Å²) in [5.74, 6) is 0.780. The number of nitrogens with two attached hydrogens (primary N) is 1. The minimum Gasteiger partial charge on any atom is -0.377 e. The molecule has 0 aromatic heterocycles. The summed E-state index contributed by atoms with van der Waals surface area (Å²) in [4.78, 5) is 2.32. The van der Waals surface area contributed by atoms with Crippen molar-refractivity contribution in [2.24, 2.45) is 15.9 Å². The van der Waals surface area contributed by atoms with Crippen molar-refractivity contribution < 1.29 is 0 Å². The van der Waals surface area contributed by atoms with E-state index < -0.39 is 0 Å². The number of benzene rings is 2. The molecule has 1 saturated heterocycles. The maximum absolute atomic E-state index is 6.40. The van der Waals surface area contributed by atoms with Gasteiger partial charge in [-0.3, -0.25) is 0 Å². The number of anilines is 1. The molecule has 4 nitrogen and oxygen atoms in total. The first-order valence-corrected chi connectivity index (χ1v) is 9.66. The molecule has 0 unspecified atom stereocenters. The van der Waals surface area contributed by atoms with E-state index in [1.54, 1.807) is 6.21 Å². The third-order valence-corrected chi connectivity index (χ3v) is 5.17. The molecule has 1 aliphatic rings. The number of amidine groups is 1. The van der Waals surface area contributed by atoms with Crippen molar-refractivity contribution in [3.8, 4) is 0 Å². The van der Waals surface area contributed by atoms with E-state index in [4.69, 9.17) is 17.3 Å². The van der Waals surface area contributed by atoms with Crippen LogP contribution in [0, 0.1) is 0 Å². The molecule has 2 aromatic rings. The van der Waals surface area contributed by atoms with Gasteiger partial charge in [-0.05, 0) is 36.1 Å². The molecule has 0 aliphatic carbocycles. The van der Waals surface area contributed by atoms with Gasteiger partial charge in [-0.2, -0.15) is 5.10 Å². The fourth-order valence-electron chi connectivity index (χ4n) is 2.73. The van der Waals surface area contributed by atoms with E-state index in [9.17, 15) is 0 Å². The first-order valence-electron chi connectivity index (χ1n) is 8.30. The summed E-state index contributed by atoms with van der Waals surface area (Å²) in [7, 11) is 0. The largest absolute Gasteiger partial charge is 0.377 e. The Morgan fingerprint density at radius 1 is 1.16 bits per heavy atom. The third-order valence-electron chi connectivity index (χ3n) is 4.01. The molecule has 25 heavy (non-hydrogen) atoms. The van der Waals surface area contributed by atoms with Gasteiger partial charge in [-0.25, -0.2) is 0 Å². The summed E-state index contributed by atoms with van der Waals surface area (Å²) < 4.78 is 0. The van der Waals surface area contributed by atoms with Crippen molar-refractivity contribution in [2.75, 3.05) is 18.0 Å². The van der Waals surface area contributed by atoms with Crippen LogP contribution in [0.1, 0.15) is 24.0 Å². The van der Waals surface area contributed by atoms with E-state index in [1.165, 1.54) is 30.2 Å². The summed E-state index contributed by atoms with van der Waals surface area (Å²) in [6.45, 7) is 2.15. The summed E-state index contributed by atoms with van der Waals surface area (Å²) in [6.07, 6.45) is 4.14. The Kier molecular flexibility index (Phi) is 6.36. The zero-order valence-electron chi connectivity index (χ0n) is 13.9. The molecule has 6 heteroatoms. The van der Waals surface area contributed by atoms with Crippen LogP contribution in [-0.2, 0) is 5.75 Å². The Bertz CT molecular complexity index is 755. The van der Waals surface area contributed by atoms with Crippen LogP contribution in [0.3, 0.4) is 0 Å². The van der Waals surface area contributed by atoms with Crippen LogP contribution < -0.4 is 10.6 Å². The summed E-state index contributed by atoms with van der Waals surface area (Å²) in [5, 5.41) is 9.30. The zero-order valence-corrected chi connectivity index (χ0v) is 15.5. The lowest BCUT2D eigenvalue weighted by Gasteiger charge is -2.19. The van der Waals surface area contributed by atoms with E-state index in [0.29, 0.717) is 5.17 Å². The molecule has 0 atom stereocenters. The summed E-state index contributed by atoms with van der Waals surface area (Å²) in [5.41, 5.74) is 9.11. The number of hydrogen-bond donors (Lipinski definition) is 1. The quantitative estimate of drug-likeness (QED) is 0.477. The molecule has 0 amide bonds. The number of hydrogen-bond acceptors (Lipinski definition) is 4. The fraction of sp³-hybridized carbons (Fsp3) is 0.263. The van der Waals surface area contributed by atoms with Crippen molar-refractivity contribution in [2.45, 2.75) is 18.6 Å². The van der Waals surface area contributed by atoms with E-state index in [0.717, 1.165) is 35.1 Å². The number of thioether (sulfide) groups is 1. The van der Waals surface area contributed by atoms with Crippen LogP contribution in [0.15, 0.2) is 58.7 Å². The summed E-state index contributed by atoms with van der Waals surface area (Å²) in [6, 6.07) is 16.1. The average molecular weight is 373 g/mol. The van der Waals surface area contributed by atoms with Crippen LogP contribution in [0.25, 0.3) is 0 Å². The van der Waals surface area contributed by atoms with Gasteiger partial charge >= 0.3 is 0 Å². The molecule has 0 spiro atoms. The van der Waals surface area contributed by atoms with Gasteiger partial charge in [0.15, 0.2) is 5.17 Å². The number of halogens is 1. The highest BCUT2D eigenvalue weighted by atomic mass is 35.5. The molecule has 1 heterocycles. The lowest BCUT2D eigenvalue weighted by Crippen LogP contribution is -2.17. The second kappa shape index (κ2) is 8.92. The normalized spacial score (nSPS) is 15.2. The topological polar surface area (TPSA) is 54.0 Å². The molecule has 2 aromatic carbocycles. The van der Waals surface area contributed by atoms with Crippen molar-refractivity contribution >= 4 is 40.4 Å². The molecular formula is C19H21ClN4S. The predicted octanol–water partition coefficient (Wildman–Crippen LogP) is 4.52. The minimum absolute atomic E-state index is 0.444. The maximum atomic E-state index is 6.40. The minimum atomic E-state index is 0.444. The van der Waals surface area contributed by atoms with Crippen LogP contribution in [0.2, 0.25) is 5.02 Å². The SMILES string of the molecule is NC(=NN=Cc1ccc(N2CCCC2)c(Cl)c1)SCc1ccccc1. The Morgan fingerprint density at radius 2 is 1.92 bits per heavy atom. The van der Waals surface area contributed by atoms with Gasteiger partial charge in [0, 0.05) is 18.8 Å². The molecule has 1 aliphatic heterocycles. The van der Waals surface area contributed by atoms with Crippen LogP contribution in [0.4, 0.5) is 5.69 Å². The molecule has 0 bridgehead atoms. The number of rotatable bonds is 5. The van der Waals surface area contributed by atoms with E-state index in [2.05, 4.69) is 27.2 Å². The molecule has 3 rings (SSSR count). The van der Waals surface area contributed by atoms with Crippen molar-refractivity contribution in [1.29, 1.82) is 0 Å². The second-order valence-corrected chi connectivity index (χ2v) is 7.26. The monoisotopic (exact) mass is 372 g/mol. The Morgan fingerprint density at radius 3 is 2.64 bits per heavy atom. The molecule has 130 valence electrons. The Balaban J connectivity index is 1.56. The standard InChI is InChI=1S/C19H21ClN4S/c20-17-12-16(8-9-18(17)24-10-4-5-11-24)13-22-23-19(21)25-14-15-6-2-1-3-7-15/h1-3,6-9,12-13H,4-5,10-11,14H2,(H2,21,23). The molecular weight excluding hydrogens is 352 g/mol. The van der Waals surface area contributed by atoms with E-state index in [1.807, 2.05) is 36.4 Å². The molecule has 0 saturated carbocycles. The predicted molar refractivity (Wildman–Crippen MR) is 110 cm³/mol. The lowest BCUT2D eigenvalue weighted by molar-refractivity contribution is 0.949. The highest BCUT2D eigenvalue weighted by Gasteiger charge is 2.14. The van der Waals surface area contributed by atoms with Crippen LogP contribution >= 0.6 is 23.4 Å². The van der Waals surface area contributed by atoms with Gasteiger partial charge in [-0.1, -0.05) is 59.8 Å². The Labute approximate surface area is 157 Å². The zero-order chi connectivity index (χ0) is 17.5. The average Bonchev–Trinajstić information content (AvgIpc) is 3.15. The van der Waals surface area contributed by atoms with Crippen LogP contribution in [0.5, 0.6) is 0 Å². The highest BCUT2D eigenvalue weighted by molar-refractivity contribution is 8.13. The van der Waals surface area contributed by atoms with Crippen LogP contribution in [-0.4, -0.2) is 24.5 Å². The van der Waals surface area contributed by atoms with Crippen molar-refractivity contribution in [3.63, 3.8) is 0 Å². The molecule has 2 N–H and O–H groups in total. The van der Waals surface area contributed by atoms with E-state index >= 15 is 0 Å². The van der Waals surface area contributed by atoms with Gasteiger partial charge in [0.25, 0.3) is 0 Å². The summed E-state index contributed by atoms with van der Waals surface area (Å²) >= 11 is 7.87. The molecule has 0 radical (unpaired) electrons. The van der Waals surface area contributed by atoms with Gasteiger partial charge in [-0.15, -0.1) is 5.10 Å². The van der Waals surface area contributed by atoms with Gasteiger partial charge in [0.2, 0.25) is 0 Å². The third kappa shape index (κ3) is 5.25. The van der Waals surface area contributed by atoms with Gasteiger partial charge < -0.3 is 10.6 Å². The fourth-order valence-corrected chi connectivity index (χ4v) is 3.65. The highest BCUT2D eigenvalue weighted by Crippen LogP contribution is 2.29. The van der Waals surface area contributed by atoms with Gasteiger partial charge in [0.05, 0.1) is 16.9 Å². The lowest BCUT2D eigenvalue weighted by atomic mass is 10.2. The first kappa shape index (κ1) is 17.8. The van der Waals surface area contributed by atoms with Crippen molar-refractivity contribution in [1.82, 2.24) is 0 Å². The molecule has 1 fully saturated rings. The number of nitrogens with zero attached hydrogens (tertiary/aromatic N) is 3. The second-order valence-electron chi connectivity index (χ2n) is 5.86. The van der Waals surface area contributed by atoms with Gasteiger partial charge in [0.1, 0.15) is 0 Å². The van der Waals surface area contributed by atoms with Crippen molar-refractivity contribution in [3.05, 3.63) is 64.7 Å². The first-order chi connectivity index (χ1) is 12.2. The smallest absolute Gasteiger partial charge is 0.180 e. The maximum Gasteiger partial charge on any atom is 0.180 e. The Hall–Kier alpha value is -1.98.